The largest absolute Gasteiger partial charge is 0.444 e. The van der Waals surface area contributed by atoms with E-state index in [1.807, 2.05) is 0 Å². The number of carbonyl (C=O) groups is 2. The normalized spacial score (nSPS) is 21.4. The number of hydrogen-bond donors (Lipinski definition) is 1. The van der Waals surface area contributed by atoms with E-state index >= 15 is 0 Å². The Bertz CT molecular complexity index is 825. The van der Waals surface area contributed by atoms with E-state index in [0.29, 0.717) is 43.1 Å². The molecule has 1 unspecified atom stereocenters. The van der Waals surface area contributed by atoms with Gasteiger partial charge in [-0.1, -0.05) is 6.07 Å². The van der Waals surface area contributed by atoms with E-state index in [1.54, 1.807) is 43.2 Å². The van der Waals surface area contributed by atoms with Crippen LogP contribution in [0.4, 0.5) is 4.79 Å². The fourth-order valence-corrected chi connectivity index (χ4v) is 6.00. The summed E-state index contributed by atoms with van der Waals surface area (Å²) in [5.74, 6) is -0.0760. The van der Waals surface area contributed by atoms with Crippen molar-refractivity contribution in [2.75, 3.05) is 19.6 Å². The van der Waals surface area contributed by atoms with Crippen molar-refractivity contribution >= 4 is 33.4 Å². The van der Waals surface area contributed by atoms with Gasteiger partial charge in [0.1, 0.15) is 15.9 Å². The number of hydrogen-bond acceptors (Lipinski definition) is 6. The number of sulfonamides is 1. The van der Waals surface area contributed by atoms with Gasteiger partial charge in [0.2, 0.25) is 15.9 Å². The summed E-state index contributed by atoms with van der Waals surface area (Å²) in [6, 6.07) is 2.59. The SMILES string of the molecule is CC(C)(C)OC(=O)N1CCCC1C(=O)N1CCC(NS(=O)(=O)c2cccs2)CC1. The molecule has 2 fully saturated rings. The molecule has 3 rings (SSSR count). The van der Waals surface area contributed by atoms with E-state index in [9.17, 15) is 18.0 Å². The number of amides is 2. The van der Waals surface area contributed by atoms with Crippen molar-refractivity contribution in [2.24, 2.45) is 0 Å². The van der Waals surface area contributed by atoms with Gasteiger partial charge in [0, 0.05) is 25.7 Å². The van der Waals surface area contributed by atoms with Crippen molar-refractivity contribution in [1.82, 2.24) is 14.5 Å². The molecule has 0 radical (unpaired) electrons. The molecule has 0 saturated carbocycles. The second kappa shape index (κ2) is 8.61. The monoisotopic (exact) mass is 443 g/mol. The van der Waals surface area contributed by atoms with E-state index in [0.717, 1.165) is 6.42 Å². The third-order valence-corrected chi connectivity index (χ3v) is 7.97. The Hall–Kier alpha value is -1.65. The number of nitrogens with zero attached hydrogens (tertiary/aromatic N) is 2. The number of ether oxygens (including phenoxy) is 1. The van der Waals surface area contributed by atoms with Crippen LogP contribution in [0.5, 0.6) is 0 Å². The van der Waals surface area contributed by atoms with Crippen molar-refractivity contribution in [3.63, 3.8) is 0 Å². The lowest BCUT2D eigenvalue weighted by Gasteiger charge is -2.36. The lowest BCUT2D eigenvalue weighted by Crippen LogP contribution is -2.53. The smallest absolute Gasteiger partial charge is 0.410 e. The molecule has 1 atom stereocenters. The van der Waals surface area contributed by atoms with Crippen LogP contribution in [0.25, 0.3) is 0 Å². The molecule has 2 saturated heterocycles. The van der Waals surface area contributed by atoms with Gasteiger partial charge in [0.15, 0.2) is 0 Å². The quantitative estimate of drug-likeness (QED) is 0.771. The molecular weight excluding hydrogens is 414 g/mol. The van der Waals surface area contributed by atoms with Gasteiger partial charge in [-0.05, 0) is 57.9 Å². The van der Waals surface area contributed by atoms with E-state index in [4.69, 9.17) is 4.74 Å². The van der Waals surface area contributed by atoms with Crippen molar-refractivity contribution in [1.29, 1.82) is 0 Å². The summed E-state index contributed by atoms with van der Waals surface area (Å²) in [6.45, 7) is 6.87. The van der Waals surface area contributed by atoms with E-state index < -0.39 is 27.8 Å². The topological polar surface area (TPSA) is 96.0 Å². The first-order valence-electron chi connectivity index (χ1n) is 9.91. The van der Waals surface area contributed by atoms with Gasteiger partial charge in [-0.25, -0.2) is 17.9 Å². The Morgan fingerprint density at radius 3 is 2.45 bits per heavy atom. The summed E-state index contributed by atoms with van der Waals surface area (Å²) in [5.41, 5.74) is -0.606. The summed E-state index contributed by atoms with van der Waals surface area (Å²) in [7, 11) is -3.51. The van der Waals surface area contributed by atoms with Crippen molar-refractivity contribution < 1.29 is 22.7 Å². The van der Waals surface area contributed by atoms with E-state index in [2.05, 4.69) is 4.72 Å². The number of rotatable bonds is 4. The van der Waals surface area contributed by atoms with Crippen molar-refractivity contribution in [3.05, 3.63) is 17.5 Å². The summed E-state index contributed by atoms with van der Waals surface area (Å²) < 4.78 is 33.2. The molecule has 1 aromatic rings. The number of carbonyl (C=O) groups excluding carboxylic acids is 2. The fourth-order valence-electron chi connectivity index (χ4n) is 3.68. The van der Waals surface area contributed by atoms with Crippen LogP contribution in [0, 0.1) is 0 Å². The van der Waals surface area contributed by atoms with Crippen LogP contribution >= 0.6 is 11.3 Å². The molecule has 2 aliphatic rings. The van der Waals surface area contributed by atoms with Gasteiger partial charge >= 0.3 is 6.09 Å². The second-order valence-electron chi connectivity index (χ2n) is 8.48. The molecule has 0 bridgehead atoms. The Morgan fingerprint density at radius 2 is 1.86 bits per heavy atom. The van der Waals surface area contributed by atoms with Crippen LogP contribution < -0.4 is 4.72 Å². The van der Waals surface area contributed by atoms with Gasteiger partial charge in [-0.2, -0.15) is 0 Å². The van der Waals surface area contributed by atoms with Crippen LogP contribution in [0.3, 0.4) is 0 Å². The first kappa shape index (κ1) is 22.0. The minimum atomic E-state index is -3.51. The maximum absolute atomic E-state index is 13.0. The summed E-state index contributed by atoms with van der Waals surface area (Å²) in [5, 5.41) is 1.73. The van der Waals surface area contributed by atoms with Gasteiger partial charge in [0.25, 0.3) is 0 Å². The van der Waals surface area contributed by atoms with Crippen LogP contribution in [-0.2, 0) is 19.6 Å². The van der Waals surface area contributed by atoms with Gasteiger partial charge in [-0.15, -0.1) is 11.3 Å². The van der Waals surface area contributed by atoms with Crippen LogP contribution in [0.15, 0.2) is 21.7 Å². The summed E-state index contributed by atoms with van der Waals surface area (Å²) in [6.07, 6.45) is 2.05. The highest BCUT2D eigenvalue weighted by atomic mass is 32.2. The van der Waals surface area contributed by atoms with E-state index in [-0.39, 0.29) is 11.9 Å². The minimum Gasteiger partial charge on any atom is -0.444 e. The molecular formula is C19H29N3O5S2. The molecule has 0 aromatic carbocycles. The maximum atomic E-state index is 13.0. The van der Waals surface area contributed by atoms with Crippen molar-refractivity contribution in [2.45, 2.75) is 68.3 Å². The van der Waals surface area contributed by atoms with Crippen LogP contribution in [0.1, 0.15) is 46.5 Å². The van der Waals surface area contributed by atoms with Crippen LogP contribution in [-0.4, -0.2) is 67.5 Å². The third-order valence-electron chi connectivity index (χ3n) is 5.05. The Morgan fingerprint density at radius 1 is 1.17 bits per heavy atom. The zero-order valence-electron chi connectivity index (χ0n) is 17.1. The first-order valence-corrected chi connectivity index (χ1v) is 12.3. The molecule has 0 aliphatic carbocycles. The maximum Gasteiger partial charge on any atom is 0.410 e. The fraction of sp³-hybridized carbons (Fsp3) is 0.684. The molecule has 8 nitrogen and oxygen atoms in total. The number of nitrogens with one attached hydrogen (secondary N) is 1. The lowest BCUT2D eigenvalue weighted by molar-refractivity contribution is -0.137. The molecule has 2 aliphatic heterocycles. The molecule has 1 aromatic heterocycles. The number of likely N-dealkylation sites (tertiary alicyclic amines) is 2. The van der Waals surface area contributed by atoms with Gasteiger partial charge in [0.05, 0.1) is 0 Å². The van der Waals surface area contributed by atoms with Crippen molar-refractivity contribution in [3.8, 4) is 0 Å². The second-order valence-corrected chi connectivity index (χ2v) is 11.4. The molecule has 3 heterocycles. The predicted octanol–water partition coefficient (Wildman–Crippen LogP) is 2.42. The molecule has 1 N–H and O–H groups in total. The number of thiophene rings is 1. The highest BCUT2D eigenvalue weighted by Gasteiger charge is 2.39. The van der Waals surface area contributed by atoms with Gasteiger partial charge < -0.3 is 9.64 Å². The summed E-state index contributed by atoms with van der Waals surface area (Å²) >= 11 is 1.18. The van der Waals surface area contributed by atoms with E-state index in [1.165, 1.54) is 16.2 Å². The average molecular weight is 444 g/mol. The lowest BCUT2D eigenvalue weighted by atomic mass is 10.0. The van der Waals surface area contributed by atoms with Gasteiger partial charge in [-0.3, -0.25) is 9.69 Å². The average Bonchev–Trinajstić information content (AvgIpc) is 3.32. The molecule has 2 amide bonds. The Labute approximate surface area is 176 Å². The predicted molar refractivity (Wildman–Crippen MR) is 110 cm³/mol. The standard InChI is InChI=1S/C19H29N3O5S2/c1-19(2,3)27-18(24)22-10-4-6-15(22)17(23)21-11-8-14(9-12-21)20-29(25,26)16-7-5-13-28-16/h5,7,13-15,20H,4,6,8-12H2,1-3H3. The molecule has 0 spiro atoms. The minimum absolute atomic E-state index is 0.0760. The summed E-state index contributed by atoms with van der Waals surface area (Å²) in [4.78, 5) is 28.7. The highest BCUT2D eigenvalue weighted by molar-refractivity contribution is 7.91. The Kier molecular flexibility index (Phi) is 6.54. The highest BCUT2D eigenvalue weighted by Crippen LogP contribution is 2.24. The first-order chi connectivity index (χ1) is 13.6. The third kappa shape index (κ3) is 5.49. The zero-order chi connectivity index (χ0) is 21.2. The molecule has 10 heteroatoms. The molecule has 29 heavy (non-hydrogen) atoms. The molecule has 162 valence electrons. The zero-order valence-corrected chi connectivity index (χ0v) is 18.7. The Balaban J connectivity index is 1.55. The number of piperidine rings is 1. The van der Waals surface area contributed by atoms with Crippen LogP contribution in [0.2, 0.25) is 0 Å².